The van der Waals surface area contributed by atoms with Gasteiger partial charge in [-0.15, -0.1) is 0 Å². The zero-order valence-corrected chi connectivity index (χ0v) is 22.1. The number of rotatable bonds is 9. The van der Waals surface area contributed by atoms with Gasteiger partial charge in [-0.2, -0.15) is 5.10 Å². The van der Waals surface area contributed by atoms with Crippen LogP contribution in [0.3, 0.4) is 0 Å². The Labute approximate surface area is 225 Å². The topological polar surface area (TPSA) is 72.7 Å². The van der Waals surface area contributed by atoms with E-state index in [2.05, 4.69) is 12.2 Å². The van der Waals surface area contributed by atoms with Gasteiger partial charge in [0.25, 0.3) is 0 Å². The Morgan fingerprint density at radius 2 is 1.63 bits per heavy atom. The van der Waals surface area contributed by atoms with E-state index in [1.54, 1.807) is 12.1 Å². The highest BCUT2D eigenvalue weighted by atomic mass is 32.2. The smallest absolute Gasteiger partial charge is 0.233 e. The van der Waals surface area contributed by atoms with Gasteiger partial charge in [-0.1, -0.05) is 86.3 Å². The summed E-state index contributed by atoms with van der Waals surface area (Å²) in [6.07, 6.45) is 1.31. The summed E-state index contributed by atoms with van der Waals surface area (Å²) in [6, 6.07) is 25.9. The first-order valence-electron chi connectivity index (χ1n) is 12.7. The van der Waals surface area contributed by atoms with Crippen LogP contribution in [0.2, 0.25) is 0 Å². The first kappa shape index (κ1) is 25.6. The number of hydrogen-bond acceptors (Lipinski definition) is 5. The van der Waals surface area contributed by atoms with Crippen LogP contribution in [-0.4, -0.2) is 30.9 Å². The highest BCUT2D eigenvalue weighted by Gasteiger charge is 2.25. The molecule has 2 heterocycles. The van der Waals surface area contributed by atoms with E-state index in [0.29, 0.717) is 30.9 Å². The van der Waals surface area contributed by atoms with Crippen molar-refractivity contribution in [2.45, 2.75) is 43.5 Å². The average molecular weight is 526 g/mol. The third-order valence-electron chi connectivity index (χ3n) is 6.23. The molecule has 38 heavy (non-hydrogen) atoms. The Balaban J connectivity index is 1.55. The number of aryl methyl sites for hydroxylation is 1. The van der Waals surface area contributed by atoms with E-state index >= 15 is 0 Å². The van der Waals surface area contributed by atoms with Crippen molar-refractivity contribution in [3.05, 3.63) is 102 Å². The fraction of sp³-hybridized carbons (Fsp3) is 0.200. The molecule has 0 aliphatic carbocycles. The highest BCUT2D eigenvalue weighted by molar-refractivity contribution is 8.00. The van der Waals surface area contributed by atoms with E-state index in [9.17, 15) is 9.18 Å². The molecule has 0 aliphatic rings. The van der Waals surface area contributed by atoms with Crippen LogP contribution in [0, 0.1) is 5.82 Å². The van der Waals surface area contributed by atoms with Crippen molar-refractivity contribution in [3.63, 3.8) is 0 Å². The summed E-state index contributed by atoms with van der Waals surface area (Å²) in [5.74, 6) is 0.192. The van der Waals surface area contributed by atoms with Gasteiger partial charge in [-0.3, -0.25) is 4.79 Å². The molecule has 1 atom stereocenters. The molecule has 0 saturated carbocycles. The maximum atomic E-state index is 13.3. The molecule has 192 valence electrons. The molecule has 0 radical (unpaired) electrons. The molecule has 0 aliphatic heterocycles. The third kappa shape index (κ3) is 5.45. The third-order valence-corrected chi connectivity index (χ3v) is 7.58. The maximum Gasteiger partial charge on any atom is 0.233 e. The number of carbonyl (C=O) groups excluding carboxylic acids is 1. The monoisotopic (exact) mass is 525 g/mol. The molecule has 6 nitrogen and oxygen atoms in total. The number of amides is 1. The summed E-state index contributed by atoms with van der Waals surface area (Å²) >= 11 is 1.43. The van der Waals surface area contributed by atoms with Crippen molar-refractivity contribution in [3.8, 4) is 17.1 Å². The lowest BCUT2D eigenvalue weighted by molar-refractivity contribution is -0.120. The molecule has 0 saturated heterocycles. The van der Waals surface area contributed by atoms with E-state index in [0.717, 1.165) is 32.9 Å². The number of nitrogens with one attached hydrogen (secondary N) is 1. The van der Waals surface area contributed by atoms with Crippen molar-refractivity contribution in [1.82, 2.24) is 25.1 Å². The summed E-state index contributed by atoms with van der Waals surface area (Å²) in [7, 11) is 0. The van der Waals surface area contributed by atoms with Crippen molar-refractivity contribution in [2.75, 3.05) is 0 Å². The van der Waals surface area contributed by atoms with Gasteiger partial charge in [-0.25, -0.2) is 19.0 Å². The Hall–Kier alpha value is -4.04. The molecular formula is C30H28FN5OS. The Kier molecular flexibility index (Phi) is 7.79. The van der Waals surface area contributed by atoms with Gasteiger partial charge in [0.1, 0.15) is 10.8 Å². The van der Waals surface area contributed by atoms with Crippen molar-refractivity contribution in [2.24, 2.45) is 0 Å². The fourth-order valence-electron chi connectivity index (χ4n) is 4.21. The fourth-order valence-corrected chi connectivity index (χ4v) is 5.31. The summed E-state index contributed by atoms with van der Waals surface area (Å²) < 4.78 is 15.1. The molecular weight excluding hydrogens is 497 g/mol. The van der Waals surface area contributed by atoms with Crippen LogP contribution < -0.4 is 5.32 Å². The molecule has 2 aromatic heterocycles. The molecule has 3 aromatic carbocycles. The SMILES string of the molecule is CCc1nn(-c2ccccc2)c2nc(-c3ccccc3)nc(S[C@H](CC)C(=O)NCc3ccc(F)cc3)c12. The summed E-state index contributed by atoms with van der Waals surface area (Å²) in [5, 5.41) is 9.13. The Bertz CT molecular complexity index is 1540. The van der Waals surface area contributed by atoms with Gasteiger partial charge in [0.15, 0.2) is 11.5 Å². The van der Waals surface area contributed by atoms with Crippen molar-refractivity contribution in [1.29, 1.82) is 0 Å². The van der Waals surface area contributed by atoms with Gasteiger partial charge in [-0.05, 0) is 42.7 Å². The number of thioether (sulfide) groups is 1. The molecule has 0 bridgehead atoms. The number of aromatic nitrogens is 4. The predicted octanol–water partition coefficient (Wildman–Crippen LogP) is 6.37. The number of nitrogens with zero attached hydrogens (tertiary/aromatic N) is 4. The summed E-state index contributed by atoms with van der Waals surface area (Å²) in [6.45, 7) is 4.37. The second kappa shape index (κ2) is 11.6. The quantitative estimate of drug-likeness (QED) is 0.179. The molecule has 1 N–H and O–H groups in total. The normalized spacial score (nSPS) is 12.0. The molecule has 1 amide bonds. The minimum atomic E-state index is -0.373. The van der Waals surface area contributed by atoms with E-state index in [1.165, 1.54) is 23.9 Å². The molecule has 0 spiro atoms. The van der Waals surface area contributed by atoms with Gasteiger partial charge >= 0.3 is 0 Å². The number of hydrogen-bond donors (Lipinski definition) is 1. The number of fused-ring (bicyclic) bond motifs is 1. The van der Waals surface area contributed by atoms with Crippen LogP contribution >= 0.6 is 11.8 Å². The molecule has 8 heteroatoms. The first-order chi connectivity index (χ1) is 18.6. The standard InChI is InChI=1S/C30H28FN5OS/c1-3-24-26-28(36(35-24)23-13-9-6-10-14-23)33-27(21-11-7-5-8-12-21)34-30(26)38-25(4-2)29(37)32-19-20-15-17-22(31)18-16-20/h5-18,25H,3-4,19H2,1-2H3,(H,32,37)/t25-/m1/s1. The lowest BCUT2D eigenvalue weighted by atomic mass is 10.2. The summed E-state index contributed by atoms with van der Waals surface area (Å²) in [4.78, 5) is 23.1. The lowest BCUT2D eigenvalue weighted by Gasteiger charge is -2.16. The largest absolute Gasteiger partial charge is 0.351 e. The minimum absolute atomic E-state index is 0.0941. The van der Waals surface area contributed by atoms with Crippen LogP contribution in [0.25, 0.3) is 28.1 Å². The van der Waals surface area contributed by atoms with Crippen LogP contribution in [0.5, 0.6) is 0 Å². The molecule has 0 fully saturated rings. The van der Waals surface area contributed by atoms with Crippen LogP contribution in [0.15, 0.2) is 90.0 Å². The first-order valence-corrected chi connectivity index (χ1v) is 13.5. The summed E-state index contributed by atoms with van der Waals surface area (Å²) in [5.41, 5.74) is 4.24. The van der Waals surface area contributed by atoms with Crippen LogP contribution in [0.1, 0.15) is 31.5 Å². The average Bonchev–Trinajstić information content (AvgIpc) is 3.35. The lowest BCUT2D eigenvalue weighted by Crippen LogP contribution is -2.32. The van der Waals surface area contributed by atoms with E-state index in [4.69, 9.17) is 15.1 Å². The number of para-hydroxylation sites is 1. The second-order valence-corrected chi connectivity index (χ2v) is 10.0. The Morgan fingerprint density at radius 3 is 2.29 bits per heavy atom. The predicted molar refractivity (Wildman–Crippen MR) is 150 cm³/mol. The van der Waals surface area contributed by atoms with E-state index in [-0.39, 0.29) is 17.0 Å². The maximum absolute atomic E-state index is 13.3. The zero-order valence-electron chi connectivity index (χ0n) is 21.3. The van der Waals surface area contributed by atoms with Gasteiger partial charge in [0, 0.05) is 12.1 Å². The molecule has 0 unspecified atom stereocenters. The zero-order chi connectivity index (χ0) is 26.5. The second-order valence-electron chi connectivity index (χ2n) is 8.82. The number of carbonyl (C=O) groups is 1. The minimum Gasteiger partial charge on any atom is -0.351 e. The molecule has 5 rings (SSSR count). The van der Waals surface area contributed by atoms with Gasteiger partial charge < -0.3 is 5.32 Å². The van der Waals surface area contributed by atoms with E-state index in [1.807, 2.05) is 72.3 Å². The number of benzene rings is 3. The van der Waals surface area contributed by atoms with Crippen molar-refractivity contribution >= 4 is 28.7 Å². The van der Waals surface area contributed by atoms with Gasteiger partial charge in [0.2, 0.25) is 5.91 Å². The Morgan fingerprint density at radius 1 is 0.947 bits per heavy atom. The number of halogens is 1. The van der Waals surface area contributed by atoms with Crippen LogP contribution in [0.4, 0.5) is 4.39 Å². The molecule has 5 aromatic rings. The van der Waals surface area contributed by atoms with Gasteiger partial charge in [0.05, 0.1) is 22.0 Å². The van der Waals surface area contributed by atoms with Crippen LogP contribution in [-0.2, 0) is 17.8 Å². The highest BCUT2D eigenvalue weighted by Crippen LogP contribution is 2.35. The van der Waals surface area contributed by atoms with Crippen molar-refractivity contribution < 1.29 is 9.18 Å². The van der Waals surface area contributed by atoms with E-state index < -0.39 is 0 Å².